The maximum atomic E-state index is 12.8. The lowest BCUT2D eigenvalue weighted by Crippen LogP contribution is -2.27. The van der Waals surface area contributed by atoms with Gasteiger partial charge in [-0.2, -0.15) is 8.42 Å². The van der Waals surface area contributed by atoms with Crippen LogP contribution >= 0.6 is 35.0 Å². The van der Waals surface area contributed by atoms with Crippen LogP contribution in [0.4, 0.5) is 4.79 Å². The predicted molar refractivity (Wildman–Crippen MR) is 146 cm³/mol. The number of hydrogen-bond donors (Lipinski definition) is 0. The molecule has 1 aliphatic rings. The minimum atomic E-state index is -4.04. The van der Waals surface area contributed by atoms with E-state index < -0.39 is 21.3 Å². The summed E-state index contributed by atoms with van der Waals surface area (Å²) in [7, 11) is -4.04. The van der Waals surface area contributed by atoms with E-state index in [0.717, 1.165) is 27.4 Å². The summed E-state index contributed by atoms with van der Waals surface area (Å²) in [6.07, 6.45) is 1.57. The second kappa shape index (κ2) is 10.2. The predicted octanol–water partition coefficient (Wildman–Crippen LogP) is 7.15. The average molecular weight is 570 g/mol. The number of carbonyl (C=O) groups is 2. The summed E-state index contributed by atoms with van der Waals surface area (Å²) in [6.45, 7) is 0.0678. The SMILES string of the molecule is O=C1S/C(=C\c2ccc(OS(=O)(=O)c3ccc4ccccc4c3)cc2)C(=O)N1Cc1ccc(Cl)c(Cl)c1. The van der Waals surface area contributed by atoms with Crippen LogP contribution in [0.25, 0.3) is 16.8 Å². The topological polar surface area (TPSA) is 80.8 Å². The molecule has 1 fully saturated rings. The molecule has 0 N–H and O–H groups in total. The zero-order valence-electron chi connectivity index (χ0n) is 18.9. The van der Waals surface area contributed by atoms with Crippen LogP contribution in [0.5, 0.6) is 5.75 Å². The molecule has 0 aromatic heterocycles. The van der Waals surface area contributed by atoms with Crippen LogP contribution in [0.3, 0.4) is 0 Å². The van der Waals surface area contributed by atoms with Crippen LogP contribution in [0.15, 0.2) is 94.7 Å². The number of imide groups is 1. The minimum Gasteiger partial charge on any atom is -0.379 e. The van der Waals surface area contributed by atoms with Crippen LogP contribution in [0.2, 0.25) is 10.0 Å². The van der Waals surface area contributed by atoms with Gasteiger partial charge >= 0.3 is 10.1 Å². The minimum absolute atomic E-state index is 0.0472. The Labute approximate surface area is 227 Å². The number of thioether (sulfide) groups is 1. The van der Waals surface area contributed by atoms with Crippen LogP contribution in [0, 0.1) is 0 Å². The van der Waals surface area contributed by atoms with Gasteiger partial charge in [0, 0.05) is 0 Å². The van der Waals surface area contributed by atoms with Crippen molar-refractivity contribution in [2.24, 2.45) is 0 Å². The van der Waals surface area contributed by atoms with E-state index >= 15 is 0 Å². The molecule has 2 amide bonds. The van der Waals surface area contributed by atoms with Gasteiger partial charge in [-0.3, -0.25) is 14.5 Å². The van der Waals surface area contributed by atoms with Gasteiger partial charge in [0.1, 0.15) is 10.6 Å². The van der Waals surface area contributed by atoms with Gasteiger partial charge in [0.25, 0.3) is 11.1 Å². The third-order valence-corrected chi connectivity index (χ3v) is 8.48. The number of fused-ring (bicyclic) bond motifs is 1. The highest BCUT2D eigenvalue weighted by Crippen LogP contribution is 2.34. The molecule has 0 aliphatic carbocycles. The van der Waals surface area contributed by atoms with E-state index in [1.54, 1.807) is 48.5 Å². The van der Waals surface area contributed by atoms with Gasteiger partial charge in [0.15, 0.2) is 0 Å². The largest absolute Gasteiger partial charge is 0.379 e. The molecule has 1 heterocycles. The molecule has 6 nitrogen and oxygen atoms in total. The standard InChI is InChI=1S/C27H17Cl2NO5S2/c28-23-12-7-18(13-24(23)29)16-30-26(31)25(36-27(30)32)14-17-5-9-21(10-6-17)35-37(33,34)22-11-8-19-3-1-2-4-20(19)15-22/h1-15H,16H2/b25-14-. The Bertz CT molecular complexity index is 1690. The van der Waals surface area contributed by atoms with E-state index in [9.17, 15) is 18.0 Å². The number of amides is 2. The zero-order valence-corrected chi connectivity index (χ0v) is 22.1. The van der Waals surface area contributed by atoms with Crippen molar-refractivity contribution in [3.8, 4) is 5.75 Å². The Morgan fingerprint density at radius 3 is 2.30 bits per heavy atom. The highest BCUT2D eigenvalue weighted by atomic mass is 35.5. The molecule has 0 atom stereocenters. The van der Waals surface area contributed by atoms with E-state index in [1.807, 2.05) is 24.3 Å². The van der Waals surface area contributed by atoms with Crippen molar-refractivity contribution in [3.05, 3.63) is 111 Å². The first-order valence-corrected chi connectivity index (χ1v) is 13.9. The normalized spacial score (nSPS) is 15.1. The Morgan fingerprint density at radius 1 is 0.838 bits per heavy atom. The molecule has 0 bridgehead atoms. The number of hydrogen-bond acceptors (Lipinski definition) is 6. The quantitative estimate of drug-likeness (QED) is 0.181. The number of halogens is 2. The van der Waals surface area contributed by atoms with Gasteiger partial charge in [-0.05, 0) is 76.1 Å². The summed E-state index contributed by atoms with van der Waals surface area (Å²) in [5.41, 5.74) is 1.28. The van der Waals surface area contributed by atoms with Crippen molar-refractivity contribution in [1.82, 2.24) is 4.90 Å². The van der Waals surface area contributed by atoms with Crippen molar-refractivity contribution in [2.45, 2.75) is 11.4 Å². The molecule has 0 unspecified atom stereocenters. The molecule has 10 heteroatoms. The smallest absolute Gasteiger partial charge is 0.339 e. The van der Waals surface area contributed by atoms with Gasteiger partial charge in [-0.1, -0.05) is 71.7 Å². The highest BCUT2D eigenvalue weighted by molar-refractivity contribution is 8.18. The Balaban J connectivity index is 1.29. The van der Waals surface area contributed by atoms with Crippen LogP contribution in [0.1, 0.15) is 11.1 Å². The molecule has 1 aliphatic heterocycles. The molecular weight excluding hydrogens is 553 g/mol. The molecule has 0 radical (unpaired) electrons. The number of nitrogens with zero attached hydrogens (tertiary/aromatic N) is 1. The molecule has 5 rings (SSSR count). The van der Waals surface area contributed by atoms with Crippen molar-refractivity contribution in [1.29, 1.82) is 0 Å². The molecule has 0 saturated carbocycles. The molecule has 186 valence electrons. The third kappa shape index (κ3) is 5.52. The van der Waals surface area contributed by atoms with E-state index in [0.29, 0.717) is 21.2 Å². The molecule has 1 saturated heterocycles. The second-order valence-corrected chi connectivity index (χ2v) is 11.5. The van der Waals surface area contributed by atoms with Crippen molar-refractivity contribution < 1.29 is 22.2 Å². The van der Waals surface area contributed by atoms with E-state index in [-0.39, 0.29) is 22.1 Å². The second-order valence-electron chi connectivity index (χ2n) is 8.13. The summed E-state index contributed by atoms with van der Waals surface area (Å²) in [6, 6.07) is 23.3. The van der Waals surface area contributed by atoms with Crippen molar-refractivity contribution in [3.63, 3.8) is 0 Å². The number of rotatable bonds is 6. The van der Waals surface area contributed by atoms with Crippen LogP contribution in [-0.2, 0) is 21.5 Å². The summed E-state index contributed by atoms with van der Waals surface area (Å²) in [5, 5.41) is 2.04. The first kappa shape index (κ1) is 25.4. The van der Waals surface area contributed by atoms with E-state index in [4.69, 9.17) is 27.4 Å². The van der Waals surface area contributed by atoms with E-state index in [1.165, 1.54) is 18.2 Å². The fourth-order valence-corrected chi connectivity index (χ4v) is 5.85. The monoisotopic (exact) mass is 569 g/mol. The van der Waals surface area contributed by atoms with Crippen molar-refractivity contribution in [2.75, 3.05) is 0 Å². The first-order chi connectivity index (χ1) is 17.7. The van der Waals surface area contributed by atoms with Gasteiger partial charge in [0.05, 0.1) is 21.5 Å². The lowest BCUT2D eigenvalue weighted by molar-refractivity contribution is -0.123. The Hall–Kier alpha value is -3.30. The highest BCUT2D eigenvalue weighted by Gasteiger charge is 2.35. The Kier molecular flexibility index (Phi) is 7.00. The number of carbonyl (C=O) groups excluding carboxylic acids is 2. The Morgan fingerprint density at radius 2 is 1.57 bits per heavy atom. The third-order valence-electron chi connectivity index (χ3n) is 5.59. The van der Waals surface area contributed by atoms with Gasteiger partial charge in [-0.25, -0.2) is 0 Å². The van der Waals surface area contributed by atoms with Crippen molar-refractivity contribution >= 4 is 73.1 Å². The summed E-state index contributed by atoms with van der Waals surface area (Å²) >= 11 is 12.8. The zero-order chi connectivity index (χ0) is 26.2. The fourth-order valence-electron chi connectivity index (χ4n) is 3.73. The summed E-state index contributed by atoms with van der Waals surface area (Å²) < 4.78 is 30.8. The molecule has 4 aromatic carbocycles. The fraction of sp³-hybridized carbons (Fsp3) is 0.0370. The van der Waals surface area contributed by atoms with E-state index in [2.05, 4.69) is 0 Å². The first-order valence-electron chi connectivity index (χ1n) is 10.9. The van der Waals surface area contributed by atoms with Crippen LogP contribution in [-0.4, -0.2) is 24.5 Å². The summed E-state index contributed by atoms with van der Waals surface area (Å²) in [5.74, 6) is -0.307. The maximum absolute atomic E-state index is 12.8. The molecule has 37 heavy (non-hydrogen) atoms. The average Bonchev–Trinajstić information content (AvgIpc) is 3.14. The molecule has 0 spiro atoms. The van der Waals surface area contributed by atoms with Gasteiger partial charge < -0.3 is 4.18 Å². The molecule has 4 aromatic rings. The van der Waals surface area contributed by atoms with Crippen LogP contribution < -0.4 is 4.18 Å². The van der Waals surface area contributed by atoms with Gasteiger partial charge in [0.2, 0.25) is 0 Å². The maximum Gasteiger partial charge on any atom is 0.339 e. The van der Waals surface area contributed by atoms with Gasteiger partial charge in [-0.15, -0.1) is 0 Å². The lowest BCUT2D eigenvalue weighted by Gasteiger charge is -2.12. The number of benzene rings is 4. The lowest BCUT2D eigenvalue weighted by atomic mass is 10.1. The molecular formula is C27H17Cl2NO5S2. The summed E-state index contributed by atoms with van der Waals surface area (Å²) in [4.78, 5) is 26.7.